The SMILES string of the molecule is CC(=O)O/C=C(/C=C/O[C@@H]1O[C@H](COC(C)=O)[C@@H](OC(C)=O)[C@H](OC(C)=O)[C@H]1OC(C)=O)O[Si](C)(C)C(C)(C)C. The Morgan fingerprint density at radius 1 is 0.775 bits per heavy atom. The third kappa shape index (κ3) is 11.4. The van der Waals surface area contributed by atoms with Crippen molar-refractivity contribution in [2.75, 3.05) is 6.61 Å². The predicted octanol–water partition coefficient (Wildman–Crippen LogP) is 3.03. The zero-order chi connectivity index (χ0) is 30.8. The molecule has 1 aliphatic heterocycles. The van der Waals surface area contributed by atoms with E-state index < -0.39 is 75.5 Å². The number of carbonyl (C=O) groups is 5. The zero-order valence-corrected chi connectivity index (χ0v) is 25.6. The molecule has 0 aliphatic carbocycles. The molecule has 0 spiro atoms. The van der Waals surface area contributed by atoms with Gasteiger partial charge in [-0.25, -0.2) is 0 Å². The van der Waals surface area contributed by atoms with Gasteiger partial charge >= 0.3 is 29.8 Å². The fraction of sp³-hybridized carbons (Fsp3) is 0.654. The summed E-state index contributed by atoms with van der Waals surface area (Å²) in [6, 6.07) is 0. The predicted molar refractivity (Wildman–Crippen MR) is 140 cm³/mol. The lowest BCUT2D eigenvalue weighted by atomic mass is 9.98. The van der Waals surface area contributed by atoms with E-state index in [1.165, 1.54) is 19.9 Å². The van der Waals surface area contributed by atoms with Crippen molar-refractivity contribution in [3.05, 3.63) is 24.4 Å². The van der Waals surface area contributed by atoms with Gasteiger partial charge in [0.15, 0.2) is 12.2 Å². The quantitative estimate of drug-likeness (QED) is 0.114. The number of esters is 5. The molecule has 0 saturated carbocycles. The first-order valence-electron chi connectivity index (χ1n) is 12.5. The molecule has 1 saturated heterocycles. The molecule has 0 bridgehead atoms. The largest absolute Gasteiger partial charge is 0.541 e. The van der Waals surface area contributed by atoms with E-state index in [4.69, 9.17) is 37.6 Å². The van der Waals surface area contributed by atoms with E-state index in [-0.39, 0.29) is 10.8 Å². The van der Waals surface area contributed by atoms with Crippen molar-refractivity contribution >= 4 is 38.2 Å². The summed E-state index contributed by atoms with van der Waals surface area (Å²) < 4.78 is 43.9. The van der Waals surface area contributed by atoms with E-state index in [1.54, 1.807) is 0 Å². The summed E-state index contributed by atoms with van der Waals surface area (Å²) in [6.45, 7) is 15.4. The fourth-order valence-electron chi connectivity index (χ4n) is 3.17. The zero-order valence-electron chi connectivity index (χ0n) is 24.6. The molecule has 0 N–H and O–H groups in total. The van der Waals surface area contributed by atoms with Gasteiger partial charge in [0.25, 0.3) is 8.32 Å². The molecule has 1 rings (SSSR count). The van der Waals surface area contributed by atoms with Gasteiger partial charge in [-0.05, 0) is 18.1 Å². The first kappa shape index (κ1) is 34.6. The van der Waals surface area contributed by atoms with E-state index in [1.807, 2.05) is 33.9 Å². The monoisotopic (exact) mass is 588 g/mol. The van der Waals surface area contributed by atoms with Gasteiger partial charge in [-0.1, -0.05) is 20.8 Å². The van der Waals surface area contributed by atoms with Crippen molar-refractivity contribution in [3.63, 3.8) is 0 Å². The number of hydrogen-bond acceptors (Lipinski definition) is 13. The van der Waals surface area contributed by atoms with Crippen molar-refractivity contribution in [1.82, 2.24) is 0 Å². The highest BCUT2D eigenvalue weighted by Gasteiger charge is 2.53. The summed E-state index contributed by atoms with van der Waals surface area (Å²) in [6.07, 6.45) is -3.00. The molecule has 0 unspecified atom stereocenters. The highest BCUT2D eigenvalue weighted by atomic mass is 28.4. The molecular weight excluding hydrogens is 548 g/mol. The normalized spacial score (nSPS) is 23.6. The van der Waals surface area contributed by atoms with Crippen molar-refractivity contribution in [3.8, 4) is 0 Å². The minimum atomic E-state index is -2.37. The van der Waals surface area contributed by atoms with Crippen LogP contribution in [-0.2, 0) is 61.6 Å². The van der Waals surface area contributed by atoms with Crippen LogP contribution in [0.25, 0.3) is 0 Å². The molecular formula is C26H40O13Si. The third-order valence-corrected chi connectivity index (χ3v) is 10.3. The molecule has 1 fully saturated rings. The van der Waals surface area contributed by atoms with Crippen LogP contribution in [-0.4, -0.2) is 75.5 Å². The van der Waals surface area contributed by atoms with Crippen LogP contribution in [0.5, 0.6) is 0 Å². The van der Waals surface area contributed by atoms with Crippen LogP contribution < -0.4 is 0 Å². The Morgan fingerprint density at radius 3 is 1.77 bits per heavy atom. The Bertz CT molecular complexity index is 995. The number of rotatable bonds is 11. The third-order valence-electron chi connectivity index (χ3n) is 5.91. The average molecular weight is 589 g/mol. The summed E-state index contributed by atoms with van der Waals surface area (Å²) in [5, 5.41) is -0.184. The highest BCUT2D eigenvalue weighted by Crippen LogP contribution is 2.38. The average Bonchev–Trinajstić information content (AvgIpc) is 2.77. The van der Waals surface area contributed by atoms with Gasteiger partial charge in [0, 0.05) is 40.7 Å². The lowest BCUT2D eigenvalue weighted by Crippen LogP contribution is -2.62. The van der Waals surface area contributed by atoms with Crippen molar-refractivity contribution in [1.29, 1.82) is 0 Å². The number of allylic oxidation sites excluding steroid dienone is 1. The van der Waals surface area contributed by atoms with Gasteiger partial charge in [-0.15, -0.1) is 0 Å². The molecule has 1 aliphatic rings. The second-order valence-electron chi connectivity index (χ2n) is 10.5. The standard InChI is InChI=1S/C26H40O13Si/c1-15(27)33-13-20(39-40(9,10)26(6,7)8)11-12-32-25-24(37-19(5)31)23(36-18(4)30)22(35-17(3)29)21(38-25)14-34-16(2)28/h11-13,21-25H,14H2,1-10H3/b12-11+,20-13-/t21-,22-,23+,24-,25-/m1/s1. The Balaban J connectivity index is 3.42. The maximum atomic E-state index is 12.0. The Hall–Kier alpha value is -3.39. The maximum absolute atomic E-state index is 12.0. The smallest absolute Gasteiger partial charge is 0.307 e. The minimum Gasteiger partial charge on any atom is -0.541 e. The number of ether oxygens (including phenoxy) is 7. The van der Waals surface area contributed by atoms with Gasteiger partial charge in [-0.2, -0.15) is 0 Å². The Kier molecular flexibility index (Phi) is 12.8. The summed E-state index contributed by atoms with van der Waals surface area (Å²) in [5.74, 6) is -3.31. The molecule has 0 aromatic heterocycles. The van der Waals surface area contributed by atoms with Gasteiger partial charge in [0.1, 0.15) is 24.7 Å². The summed E-state index contributed by atoms with van der Waals surface area (Å²) >= 11 is 0. The highest BCUT2D eigenvalue weighted by molar-refractivity contribution is 6.74. The van der Waals surface area contributed by atoms with E-state index in [0.29, 0.717) is 0 Å². The second kappa shape index (κ2) is 14.8. The molecule has 226 valence electrons. The van der Waals surface area contributed by atoms with E-state index >= 15 is 0 Å². The number of carbonyl (C=O) groups excluding carboxylic acids is 5. The molecule has 0 radical (unpaired) electrons. The van der Waals surface area contributed by atoms with Crippen LogP contribution >= 0.6 is 0 Å². The molecule has 14 heteroatoms. The molecule has 0 aromatic carbocycles. The van der Waals surface area contributed by atoms with Crippen LogP contribution in [0.15, 0.2) is 24.4 Å². The fourth-order valence-corrected chi connectivity index (χ4v) is 4.18. The van der Waals surface area contributed by atoms with Gasteiger partial charge in [0.2, 0.25) is 12.4 Å². The van der Waals surface area contributed by atoms with Gasteiger partial charge < -0.3 is 37.6 Å². The van der Waals surface area contributed by atoms with Crippen molar-refractivity contribution in [2.45, 2.75) is 104 Å². The van der Waals surface area contributed by atoms with E-state index in [2.05, 4.69) is 0 Å². The van der Waals surface area contributed by atoms with Gasteiger partial charge in [0.05, 0.1) is 6.26 Å². The lowest BCUT2D eigenvalue weighted by molar-refractivity contribution is -0.297. The molecule has 13 nitrogen and oxygen atoms in total. The molecule has 0 amide bonds. The van der Waals surface area contributed by atoms with Crippen LogP contribution in [0.2, 0.25) is 18.1 Å². The molecule has 1 heterocycles. The Morgan fingerprint density at radius 2 is 1.30 bits per heavy atom. The molecule has 0 aromatic rings. The van der Waals surface area contributed by atoms with Crippen molar-refractivity contribution < 1.29 is 61.6 Å². The molecule has 40 heavy (non-hydrogen) atoms. The lowest BCUT2D eigenvalue weighted by Gasteiger charge is -2.43. The number of hydrogen-bond donors (Lipinski definition) is 0. The molecule has 5 atom stereocenters. The van der Waals surface area contributed by atoms with Crippen LogP contribution in [0.1, 0.15) is 55.4 Å². The Labute approximate surface area is 235 Å². The summed E-state index contributed by atoms with van der Waals surface area (Å²) in [5.41, 5.74) is 0. The maximum Gasteiger partial charge on any atom is 0.307 e. The first-order valence-corrected chi connectivity index (χ1v) is 15.4. The minimum absolute atomic E-state index is 0.174. The topological polar surface area (TPSA) is 159 Å². The van der Waals surface area contributed by atoms with E-state index in [9.17, 15) is 24.0 Å². The summed E-state index contributed by atoms with van der Waals surface area (Å²) in [7, 11) is -2.37. The van der Waals surface area contributed by atoms with Crippen LogP contribution in [0.4, 0.5) is 0 Å². The van der Waals surface area contributed by atoms with E-state index in [0.717, 1.165) is 33.3 Å². The van der Waals surface area contributed by atoms with Crippen LogP contribution in [0, 0.1) is 0 Å². The van der Waals surface area contributed by atoms with Gasteiger partial charge in [-0.3, -0.25) is 24.0 Å². The summed E-state index contributed by atoms with van der Waals surface area (Å²) in [4.78, 5) is 58.6. The first-order chi connectivity index (χ1) is 18.3. The second-order valence-corrected chi connectivity index (χ2v) is 15.2. The van der Waals surface area contributed by atoms with Crippen LogP contribution in [0.3, 0.4) is 0 Å². The van der Waals surface area contributed by atoms with Crippen molar-refractivity contribution in [2.24, 2.45) is 0 Å².